The first kappa shape index (κ1) is 24.7. The second kappa shape index (κ2) is 9.04. The summed E-state index contributed by atoms with van der Waals surface area (Å²) in [6, 6.07) is 51.5. The highest BCUT2D eigenvalue weighted by Gasteiger charge is 2.35. The number of hydrogen-bond donors (Lipinski definition) is 0. The molecule has 1 nitrogen and oxygen atoms in total. The van der Waals surface area contributed by atoms with Crippen LogP contribution in [0.1, 0.15) is 25.0 Å². The normalized spacial score (nSPS) is 13.5. The standard InChI is InChI=1S/C41H29NS/c1-41(2)35-19-11-10-16-30(35)31-23-21-28(24-36(31)41)42(27-13-4-3-5-14-27)37-25-38-39(33-18-9-8-17-32(33)37)34-22-20-26-12-6-7-15-29(26)40(34)43-38/h3-25H,1-2H3. The average Bonchev–Trinajstić information content (AvgIpc) is 3.54. The van der Waals surface area contributed by atoms with Crippen LogP contribution in [-0.4, -0.2) is 0 Å². The summed E-state index contributed by atoms with van der Waals surface area (Å²) < 4.78 is 2.67. The summed E-state index contributed by atoms with van der Waals surface area (Å²) >= 11 is 1.91. The number of rotatable bonds is 3. The minimum atomic E-state index is -0.0666. The third-order valence-corrected chi connectivity index (χ3v) is 10.6. The highest BCUT2D eigenvalue weighted by molar-refractivity contribution is 7.27. The zero-order valence-electron chi connectivity index (χ0n) is 24.1. The molecule has 9 rings (SSSR count). The van der Waals surface area contributed by atoms with Crippen LogP contribution in [0.25, 0.3) is 52.8 Å². The SMILES string of the molecule is CC1(C)c2ccccc2-c2ccc(N(c3ccccc3)c3cc4sc5c6ccccc6ccc5c4c4ccccc34)cc21. The minimum absolute atomic E-state index is 0.0666. The lowest BCUT2D eigenvalue weighted by Gasteiger charge is -2.29. The van der Waals surface area contributed by atoms with E-state index in [2.05, 4.69) is 158 Å². The van der Waals surface area contributed by atoms with Crippen molar-refractivity contribution in [3.8, 4) is 11.1 Å². The molecule has 0 N–H and O–H groups in total. The van der Waals surface area contributed by atoms with Crippen molar-refractivity contribution < 1.29 is 0 Å². The fraction of sp³-hybridized carbons (Fsp3) is 0.0732. The Morgan fingerprint density at radius 2 is 1.21 bits per heavy atom. The van der Waals surface area contributed by atoms with E-state index >= 15 is 0 Å². The molecule has 1 aromatic heterocycles. The zero-order chi connectivity index (χ0) is 28.7. The summed E-state index contributed by atoms with van der Waals surface area (Å²) in [7, 11) is 0. The maximum absolute atomic E-state index is 2.46. The number of benzene rings is 7. The van der Waals surface area contributed by atoms with E-state index in [0.29, 0.717) is 0 Å². The summed E-state index contributed by atoms with van der Waals surface area (Å²) in [5.74, 6) is 0. The Morgan fingerprint density at radius 1 is 0.512 bits per heavy atom. The Bertz CT molecular complexity index is 2380. The van der Waals surface area contributed by atoms with E-state index in [0.717, 1.165) is 5.69 Å². The molecule has 0 unspecified atom stereocenters. The van der Waals surface area contributed by atoms with Crippen molar-refractivity contribution in [1.82, 2.24) is 0 Å². The third kappa shape index (κ3) is 3.51. The number of fused-ring (bicyclic) bond motifs is 10. The van der Waals surface area contributed by atoms with Gasteiger partial charge in [-0.2, -0.15) is 0 Å². The van der Waals surface area contributed by atoms with Gasteiger partial charge in [0.25, 0.3) is 0 Å². The van der Waals surface area contributed by atoms with Gasteiger partial charge in [0.2, 0.25) is 0 Å². The first-order valence-electron chi connectivity index (χ1n) is 14.9. The monoisotopic (exact) mass is 567 g/mol. The number of thiophene rings is 1. The first-order valence-corrected chi connectivity index (χ1v) is 15.8. The van der Waals surface area contributed by atoms with Crippen LogP contribution in [0.15, 0.2) is 140 Å². The smallest absolute Gasteiger partial charge is 0.0554 e. The Hall–Kier alpha value is -4.92. The van der Waals surface area contributed by atoms with Crippen molar-refractivity contribution in [2.45, 2.75) is 19.3 Å². The predicted octanol–water partition coefficient (Wildman–Crippen LogP) is 12.1. The molecule has 0 atom stereocenters. The van der Waals surface area contributed by atoms with Gasteiger partial charge in [0.15, 0.2) is 0 Å². The van der Waals surface area contributed by atoms with E-state index in [-0.39, 0.29) is 5.41 Å². The molecule has 0 aliphatic heterocycles. The molecule has 1 heterocycles. The molecule has 8 aromatic rings. The van der Waals surface area contributed by atoms with Gasteiger partial charge in [-0.1, -0.05) is 123 Å². The largest absolute Gasteiger partial charge is 0.310 e. The van der Waals surface area contributed by atoms with Crippen LogP contribution in [0.2, 0.25) is 0 Å². The molecule has 1 aliphatic carbocycles. The molecule has 0 bridgehead atoms. The molecule has 0 amide bonds. The summed E-state index contributed by atoms with van der Waals surface area (Å²) in [6.45, 7) is 4.72. The van der Waals surface area contributed by atoms with Crippen molar-refractivity contribution in [2.24, 2.45) is 0 Å². The Labute approximate surface area is 255 Å². The van der Waals surface area contributed by atoms with Gasteiger partial charge < -0.3 is 4.90 Å². The quantitative estimate of drug-likeness (QED) is 0.205. The second-order valence-corrected chi connectivity index (χ2v) is 13.2. The van der Waals surface area contributed by atoms with Crippen LogP contribution < -0.4 is 4.90 Å². The lowest BCUT2D eigenvalue weighted by atomic mass is 9.82. The maximum atomic E-state index is 2.46. The molecule has 0 saturated heterocycles. The number of hydrogen-bond acceptors (Lipinski definition) is 2. The average molecular weight is 568 g/mol. The van der Waals surface area contributed by atoms with Crippen LogP contribution >= 0.6 is 11.3 Å². The first-order chi connectivity index (χ1) is 21.1. The molecular weight excluding hydrogens is 539 g/mol. The number of nitrogens with zero attached hydrogens (tertiary/aromatic N) is 1. The van der Waals surface area contributed by atoms with Crippen LogP contribution in [0, 0.1) is 0 Å². The number of para-hydroxylation sites is 1. The third-order valence-electron chi connectivity index (χ3n) is 9.43. The Balaban J connectivity index is 1.34. The lowest BCUT2D eigenvalue weighted by Crippen LogP contribution is -2.16. The topological polar surface area (TPSA) is 3.24 Å². The highest BCUT2D eigenvalue weighted by atomic mass is 32.1. The van der Waals surface area contributed by atoms with Gasteiger partial charge in [0.1, 0.15) is 0 Å². The van der Waals surface area contributed by atoms with Crippen LogP contribution in [-0.2, 0) is 5.41 Å². The van der Waals surface area contributed by atoms with E-state index in [1.165, 1.54) is 75.3 Å². The Morgan fingerprint density at radius 3 is 2.07 bits per heavy atom. The minimum Gasteiger partial charge on any atom is -0.310 e. The predicted molar refractivity (Wildman–Crippen MR) is 187 cm³/mol. The van der Waals surface area contributed by atoms with E-state index < -0.39 is 0 Å². The molecule has 204 valence electrons. The van der Waals surface area contributed by atoms with Gasteiger partial charge in [-0.15, -0.1) is 11.3 Å². The fourth-order valence-corrected chi connectivity index (χ4v) is 8.66. The van der Waals surface area contributed by atoms with Gasteiger partial charge in [-0.3, -0.25) is 0 Å². The lowest BCUT2D eigenvalue weighted by molar-refractivity contribution is 0.660. The van der Waals surface area contributed by atoms with Crippen molar-refractivity contribution in [3.05, 3.63) is 151 Å². The Kier molecular flexibility index (Phi) is 5.18. The summed E-state index contributed by atoms with van der Waals surface area (Å²) in [6.07, 6.45) is 0. The van der Waals surface area contributed by atoms with E-state index in [9.17, 15) is 0 Å². The van der Waals surface area contributed by atoms with Crippen LogP contribution in [0.4, 0.5) is 17.1 Å². The van der Waals surface area contributed by atoms with E-state index in [4.69, 9.17) is 0 Å². The molecule has 2 heteroatoms. The van der Waals surface area contributed by atoms with Crippen molar-refractivity contribution in [2.75, 3.05) is 4.90 Å². The highest BCUT2D eigenvalue weighted by Crippen LogP contribution is 2.52. The van der Waals surface area contributed by atoms with E-state index in [1.807, 2.05) is 11.3 Å². The van der Waals surface area contributed by atoms with E-state index in [1.54, 1.807) is 0 Å². The van der Waals surface area contributed by atoms with Gasteiger partial charge in [0.05, 0.1) is 5.69 Å². The molecule has 0 spiro atoms. The van der Waals surface area contributed by atoms with Gasteiger partial charge in [0, 0.05) is 42.3 Å². The van der Waals surface area contributed by atoms with Gasteiger partial charge >= 0.3 is 0 Å². The second-order valence-electron chi connectivity index (χ2n) is 12.2. The summed E-state index contributed by atoms with van der Waals surface area (Å²) in [4.78, 5) is 2.46. The van der Waals surface area contributed by atoms with Gasteiger partial charge in [-0.05, 0) is 68.7 Å². The fourth-order valence-electron chi connectivity index (χ4n) is 7.37. The molecule has 0 saturated carbocycles. The van der Waals surface area contributed by atoms with Crippen LogP contribution in [0.3, 0.4) is 0 Å². The molecular formula is C41H29NS. The molecule has 7 aromatic carbocycles. The maximum Gasteiger partial charge on any atom is 0.0554 e. The molecule has 0 fully saturated rings. The van der Waals surface area contributed by atoms with Crippen molar-refractivity contribution in [1.29, 1.82) is 0 Å². The molecule has 43 heavy (non-hydrogen) atoms. The molecule has 1 aliphatic rings. The van der Waals surface area contributed by atoms with Crippen molar-refractivity contribution in [3.63, 3.8) is 0 Å². The molecule has 0 radical (unpaired) electrons. The summed E-state index contributed by atoms with van der Waals surface area (Å²) in [5.41, 5.74) is 8.96. The van der Waals surface area contributed by atoms with Gasteiger partial charge in [-0.25, -0.2) is 0 Å². The number of anilines is 3. The zero-order valence-corrected chi connectivity index (χ0v) is 25.0. The van der Waals surface area contributed by atoms with Crippen LogP contribution in [0.5, 0.6) is 0 Å². The summed E-state index contributed by atoms with van der Waals surface area (Å²) in [5, 5.41) is 7.86. The van der Waals surface area contributed by atoms with Crippen molar-refractivity contribution >= 4 is 70.1 Å².